The van der Waals surface area contributed by atoms with Gasteiger partial charge < -0.3 is 9.47 Å². The summed E-state index contributed by atoms with van der Waals surface area (Å²) in [4.78, 5) is 24.8. The maximum absolute atomic E-state index is 12.6. The van der Waals surface area contributed by atoms with Gasteiger partial charge in [-0.3, -0.25) is 9.59 Å². The van der Waals surface area contributed by atoms with Crippen molar-refractivity contribution in [3.63, 3.8) is 0 Å². The van der Waals surface area contributed by atoms with Gasteiger partial charge in [-0.1, -0.05) is 29.3 Å². The van der Waals surface area contributed by atoms with Crippen LogP contribution >= 0.6 is 23.2 Å². The van der Waals surface area contributed by atoms with Crippen LogP contribution in [0.4, 0.5) is 0 Å². The van der Waals surface area contributed by atoms with Gasteiger partial charge in [0.1, 0.15) is 11.5 Å². The number of Topliss-reactive ketones (excluding diaryl/α,β-unsaturated/α-hetero) is 1. The number of ether oxygens (including phenoxy) is 2. The van der Waals surface area contributed by atoms with Gasteiger partial charge >= 0.3 is 5.97 Å². The second kappa shape index (κ2) is 7.02. The van der Waals surface area contributed by atoms with Gasteiger partial charge in [-0.25, -0.2) is 0 Å². The summed E-state index contributed by atoms with van der Waals surface area (Å²) < 4.78 is 11.2. The molecule has 0 fully saturated rings. The highest BCUT2D eigenvalue weighted by atomic mass is 35.5. The molecule has 1 heterocycles. The van der Waals surface area contributed by atoms with E-state index >= 15 is 0 Å². The quantitative estimate of drug-likeness (QED) is 0.356. The van der Waals surface area contributed by atoms with Crippen LogP contribution < -0.4 is 9.47 Å². The minimum Gasteiger partial charge on any atom is -0.452 e. The van der Waals surface area contributed by atoms with E-state index in [1.165, 1.54) is 0 Å². The molecule has 0 bridgehead atoms. The zero-order chi connectivity index (χ0) is 19.9. The van der Waals surface area contributed by atoms with Crippen molar-refractivity contribution in [3.8, 4) is 11.5 Å². The number of fused-ring (bicyclic) bond motifs is 1. The Bertz CT molecular complexity index is 984. The summed E-state index contributed by atoms with van der Waals surface area (Å²) in [5.41, 5.74) is 1.07. The maximum Gasteiger partial charge on any atom is 0.316 e. The van der Waals surface area contributed by atoms with Crippen LogP contribution in [0.25, 0.3) is 6.08 Å². The summed E-state index contributed by atoms with van der Waals surface area (Å²) in [6.45, 7) is 7.07. The molecule has 0 aliphatic carbocycles. The highest BCUT2D eigenvalue weighted by Crippen LogP contribution is 2.40. The molecule has 4 nitrogen and oxygen atoms in total. The van der Waals surface area contributed by atoms with Crippen molar-refractivity contribution in [2.45, 2.75) is 27.7 Å². The Labute approximate surface area is 167 Å². The van der Waals surface area contributed by atoms with Crippen LogP contribution in [0.2, 0.25) is 10.0 Å². The molecule has 1 aliphatic rings. The fourth-order valence-electron chi connectivity index (χ4n) is 2.49. The summed E-state index contributed by atoms with van der Waals surface area (Å²) in [5.74, 6) is 0.336. The SMILES string of the molecule is Cc1c(OC(=O)C(C)(C)C)ccc2c1O/C(=C\c1ccc(Cl)c(Cl)c1)C2=O. The molecule has 1 aliphatic heterocycles. The third-order valence-corrected chi connectivity index (χ3v) is 4.83. The number of carbonyl (C=O) groups excluding carboxylic acids is 2. The number of hydrogen-bond acceptors (Lipinski definition) is 4. The van der Waals surface area contributed by atoms with E-state index in [9.17, 15) is 9.59 Å². The predicted molar refractivity (Wildman–Crippen MR) is 106 cm³/mol. The summed E-state index contributed by atoms with van der Waals surface area (Å²) in [5, 5.41) is 0.823. The molecular formula is C21H18Cl2O4. The van der Waals surface area contributed by atoms with E-state index < -0.39 is 5.41 Å². The molecule has 27 heavy (non-hydrogen) atoms. The van der Waals surface area contributed by atoms with E-state index in [0.29, 0.717) is 38.2 Å². The van der Waals surface area contributed by atoms with Crippen molar-refractivity contribution < 1.29 is 19.1 Å². The number of halogens is 2. The van der Waals surface area contributed by atoms with Gasteiger partial charge in [-0.2, -0.15) is 0 Å². The van der Waals surface area contributed by atoms with Crippen molar-refractivity contribution in [2.24, 2.45) is 5.41 Å². The molecule has 0 radical (unpaired) electrons. The summed E-state index contributed by atoms with van der Waals surface area (Å²) in [7, 11) is 0. The normalized spacial score (nSPS) is 14.9. The fourth-order valence-corrected chi connectivity index (χ4v) is 2.79. The van der Waals surface area contributed by atoms with Crippen LogP contribution in [0.5, 0.6) is 11.5 Å². The predicted octanol–water partition coefficient (Wildman–Crippen LogP) is 5.87. The Kier molecular flexibility index (Phi) is 5.06. The second-order valence-electron chi connectivity index (χ2n) is 7.32. The number of hydrogen-bond donors (Lipinski definition) is 0. The van der Waals surface area contributed by atoms with E-state index in [2.05, 4.69) is 0 Å². The lowest BCUT2D eigenvalue weighted by atomic mass is 9.97. The number of carbonyl (C=O) groups is 2. The minimum absolute atomic E-state index is 0.172. The van der Waals surface area contributed by atoms with Crippen molar-refractivity contribution in [1.29, 1.82) is 0 Å². The molecule has 0 amide bonds. The molecule has 2 aromatic carbocycles. The fraction of sp³-hybridized carbons (Fsp3) is 0.238. The van der Waals surface area contributed by atoms with Gasteiger partial charge in [-0.05, 0) is 63.6 Å². The van der Waals surface area contributed by atoms with Gasteiger partial charge in [0.15, 0.2) is 5.76 Å². The summed E-state index contributed by atoms with van der Waals surface area (Å²) in [6.07, 6.45) is 1.60. The number of esters is 1. The van der Waals surface area contributed by atoms with E-state index in [-0.39, 0.29) is 17.5 Å². The monoisotopic (exact) mass is 404 g/mol. The Balaban J connectivity index is 1.93. The molecule has 0 N–H and O–H groups in total. The molecule has 3 rings (SSSR count). The highest BCUT2D eigenvalue weighted by molar-refractivity contribution is 6.42. The average molecular weight is 405 g/mol. The first kappa shape index (κ1) is 19.5. The largest absolute Gasteiger partial charge is 0.452 e. The maximum atomic E-state index is 12.6. The number of benzene rings is 2. The highest BCUT2D eigenvalue weighted by Gasteiger charge is 2.31. The lowest BCUT2D eigenvalue weighted by Gasteiger charge is -2.17. The minimum atomic E-state index is -0.638. The third kappa shape index (κ3) is 3.87. The second-order valence-corrected chi connectivity index (χ2v) is 8.13. The zero-order valence-corrected chi connectivity index (χ0v) is 16.9. The number of ketones is 1. The standard InChI is InChI=1S/C21H18Cl2O4/c1-11-16(27-20(25)21(2,3)4)8-6-13-18(24)17(26-19(11)13)10-12-5-7-14(22)15(23)9-12/h5-10H,1-4H3/b17-10-. The Hall–Kier alpha value is -2.30. The van der Waals surface area contributed by atoms with Gasteiger partial charge in [0.25, 0.3) is 0 Å². The topological polar surface area (TPSA) is 52.6 Å². The summed E-state index contributed by atoms with van der Waals surface area (Å²) in [6, 6.07) is 8.26. The molecule has 2 aromatic rings. The smallest absolute Gasteiger partial charge is 0.316 e. The molecule has 0 spiro atoms. The molecule has 0 saturated carbocycles. The lowest BCUT2D eigenvalue weighted by molar-refractivity contribution is -0.143. The first-order chi connectivity index (χ1) is 12.6. The van der Waals surface area contributed by atoms with Crippen LogP contribution in [-0.4, -0.2) is 11.8 Å². The number of allylic oxidation sites excluding steroid dienone is 1. The van der Waals surface area contributed by atoms with Crippen LogP contribution in [0.1, 0.15) is 42.3 Å². The molecule has 6 heteroatoms. The average Bonchev–Trinajstić information content (AvgIpc) is 2.90. The van der Waals surface area contributed by atoms with Crippen LogP contribution in [-0.2, 0) is 4.79 Å². The van der Waals surface area contributed by atoms with Crippen LogP contribution in [0.3, 0.4) is 0 Å². The van der Waals surface area contributed by atoms with Crippen molar-refractivity contribution in [3.05, 3.63) is 62.8 Å². The van der Waals surface area contributed by atoms with E-state index in [0.717, 1.165) is 0 Å². The molecule has 0 atom stereocenters. The van der Waals surface area contributed by atoms with Crippen LogP contribution in [0, 0.1) is 12.3 Å². The van der Waals surface area contributed by atoms with Crippen molar-refractivity contribution in [1.82, 2.24) is 0 Å². The molecule has 0 saturated heterocycles. The molecule has 140 valence electrons. The Morgan fingerprint density at radius 3 is 2.44 bits per heavy atom. The molecule has 0 aromatic heterocycles. The first-order valence-corrected chi connectivity index (χ1v) is 9.08. The van der Waals surface area contributed by atoms with Crippen molar-refractivity contribution >= 4 is 41.0 Å². The van der Waals surface area contributed by atoms with E-state index in [1.54, 1.807) is 64.1 Å². The van der Waals surface area contributed by atoms with Gasteiger partial charge in [0.2, 0.25) is 5.78 Å². The van der Waals surface area contributed by atoms with Crippen LogP contribution in [0.15, 0.2) is 36.1 Å². The number of rotatable bonds is 2. The first-order valence-electron chi connectivity index (χ1n) is 8.33. The van der Waals surface area contributed by atoms with E-state index in [1.807, 2.05) is 0 Å². The summed E-state index contributed by atoms with van der Waals surface area (Å²) >= 11 is 11.9. The van der Waals surface area contributed by atoms with E-state index in [4.69, 9.17) is 32.7 Å². The van der Waals surface area contributed by atoms with Crippen molar-refractivity contribution in [2.75, 3.05) is 0 Å². The van der Waals surface area contributed by atoms with Gasteiger partial charge in [0, 0.05) is 5.56 Å². The zero-order valence-electron chi connectivity index (χ0n) is 15.4. The third-order valence-electron chi connectivity index (χ3n) is 4.09. The van der Waals surface area contributed by atoms with Gasteiger partial charge in [-0.15, -0.1) is 0 Å². The van der Waals surface area contributed by atoms with Gasteiger partial charge in [0.05, 0.1) is 21.0 Å². The molecular weight excluding hydrogens is 387 g/mol. The lowest BCUT2D eigenvalue weighted by Crippen LogP contribution is -2.25. The Morgan fingerprint density at radius 1 is 1.11 bits per heavy atom. The Morgan fingerprint density at radius 2 is 1.81 bits per heavy atom. The molecule has 0 unspecified atom stereocenters.